The Morgan fingerprint density at radius 1 is 1.06 bits per heavy atom. The van der Waals surface area contributed by atoms with Gasteiger partial charge in [-0.2, -0.15) is 0 Å². The van der Waals surface area contributed by atoms with E-state index < -0.39 is 0 Å². The Kier molecular flexibility index (Phi) is 5.13. The van der Waals surface area contributed by atoms with Crippen molar-refractivity contribution in [3.8, 4) is 0 Å². The smallest absolute Gasteiger partial charge is 0.0568 e. The van der Waals surface area contributed by atoms with Gasteiger partial charge in [0, 0.05) is 11.7 Å². The Hall–Kier alpha value is -1.38. The lowest BCUT2D eigenvalue weighted by Gasteiger charge is -2.16. The molecule has 3 heteroatoms. The lowest BCUT2D eigenvalue weighted by molar-refractivity contribution is 0.520. The lowest BCUT2D eigenvalue weighted by atomic mass is 10.0. The second-order valence-electron chi connectivity index (χ2n) is 5.21. The fourth-order valence-corrected chi connectivity index (χ4v) is 1.85. The minimum Gasteiger partial charge on any atom is -0.397 e. The van der Waals surface area contributed by atoms with E-state index in [2.05, 4.69) is 26.1 Å². The molecule has 1 atom stereocenters. The first-order chi connectivity index (χ1) is 7.99. The van der Waals surface area contributed by atoms with Crippen molar-refractivity contribution in [3.63, 3.8) is 0 Å². The summed E-state index contributed by atoms with van der Waals surface area (Å²) in [7, 11) is 0. The number of anilines is 3. The number of hydrogen-bond acceptors (Lipinski definition) is 3. The van der Waals surface area contributed by atoms with Gasteiger partial charge in [-0.15, -0.1) is 0 Å². The molecule has 5 N–H and O–H groups in total. The van der Waals surface area contributed by atoms with Gasteiger partial charge in [0.25, 0.3) is 0 Å². The van der Waals surface area contributed by atoms with Gasteiger partial charge in [-0.25, -0.2) is 0 Å². The summed E-state index contributed by atoms with van der Waals surface area (Å²) in [5, 5.41) is 3.45. The highest BCUT2D eigenvalue weighted by molar-refractivity contribution is 5.69. The minimum atomic E-state index is 0.469. The summed E-state index contributed by atoms with van der Waals surface area (Å²) in [6.07, 6.45) is 3.73. The van der Waals surface area contributed by atoms with Crippen LogP contribution in [0.3, 0.4) is 0 Å². The normalized spacial score (nSPS) is 12.7. The highest BCUT2D eigenvalue weighted by Crippen LogP contribution is 2.21. The van der Waals surface area contributed by atoms with Crippen molar-refractivity contribution in [1.29, 1.82) is 0 Å². The van der Waals surface area contributed by atoms with Gasteiger partial charge in [0.1, 0.15) is 0 Å². The number of hydrogen-bond donors (Lipinski definition) is 3. The number of nitrogen functional groups attached to an aromatic ring is 2. The highest BCUT2D eigenvalue weighted by Gasteiger charge is 2.04. The van der Waals surface area contributed by atoms with Crippen LogP contribution in [0.4, 0.5) is 17.1 Å². The van der Waals surface area contributed by atoms with Gasteiger partial charge in [-0.1, -0.05) is 26.7 Å². The first kappa shape index (κ1) is 13.7. The molecule has 0 aromatic heterocycles. The van der Waals surface area contributed by atoms with Gasteiger partial charge in [0.15, 0.2) is 0 Å². The van der Waals surface area contributed by atoms with E-state index in [1.807, 2.05) is 18.2 Å². The van der Waals surface area contributed by atoms with Crippen molar-refractivity contribution in [3.05, 3.63) is 18.2 Å². The van der Waals surface area contributed by atoms with Crippen molar-refractivity contribution in [2.45, 2.75) is 46.1 Å². The summed E-state index contributed by atoms with van der Waals surface area (Å²) in [5.74, 6) is 0.786. The molecule has 0 saturated heterocycles. The van der Waals surface area contributed by atoms with Crippen LogP contribution in [0, 0.1) is 5.92 Å². The van der Waals surface area contributed by atoms with Crippen LogP contribution in [0.2, 0.25) is 0 Å². The van der Waals surface area contributed by atoms with Crippen LogP contribution >= 0.6 is 0 Å². The summed E-state index contributed by atoms with van der Waals surface area (Å²) >= 11 is 0. The van der Waals surface area contributed by atoms with Gasteiger partial charge < -0.3 is 16.8 Å². The summed E-state index contributed by atoms with van der Waals surface area (Å²) in [6.45, 7) is 6.73. The number of benzene rings is 1. The molecule has 0 fully saturated rings. The van der Waals surface area contributed by atoms with E-state index >= 15 is 0 Å². The van der Waals surface area contributed by atoms with E-state index in [9.17, 15) is 0 Å². The van der Waals surface area contributed by atoms with Gasteiger partial charge in [0.05, 0.1) is 11.4 Å². The molecule has 0 aliphatic heterocycles. The Labute approximate surface area is 105 Å². The Morgan fingerprint density at radius 2 is 1.76 bits per heavy atom. The van der Waals surface area contributed by atoms with Crippen LogP contribution in [0.25, 0.3) is 0 Å². The van der Waals surface area contributed by atoms with Crippen molar-refractivity contribution in [2.75, 3.05) is 16.8 Å². The molecule has 3 nitrogen and oxygen atoms in total. The topological polar surface area (TPSA) is 64.1 Å². The molecule has 17 heavy (non-hydrogen) atoms. The van der Waals surface area contributed by atoms with E-state index in [4.69, 9.17) is 11.5 Å². The fraction of sp³-hybridized carbons (Fsp3) is 0.571. The highest BCUT2D eigenvalue weighted by atomic mass is 14.9. The zero-order valence-corrected chi connectivity index (χ0v) is 11.2. The first-order valence-electron chi connectivity index (χ1n) is 6.40. The maximum absolute atomic E-state index is 5.77. The van der Waals surface area contributed by atoms with Crippen molar-refractivity contribution in [1.82, 2.24) is 0 Å². The molecular formula is C14H25N3. The van der Waals surface area contributed by atoms with Crippen LogP contribution in [-0.2, 0) is 0 Å². The molecule has 0 spiro atoms. The second-order valence-corrected chi connectivity index (χ2v) is 5.21. The average molecular weight is 235 g/mol. The molecule has 0 aliphatic rings. The van der Waals surface area contributed by atoms with Crippen LogP contribution in [-0.4, -0.2) is 6.04 Å². The molecule has 1 rings (SSSR count). The van der Waals surface area contributed by atoms with Crippen molar-refractivity contribution < 1.29 is 0 Å². The summed E-state index contributed by atoms with van der Waals surface area (Å²) in [5.41, 5.74) is 13.8. The van der Waals surface area contributed by atoms with E-state index in [1.165, 1.54) is 19.3 Å². The average Bonchev–Trinajstić information content (AvgIpc) is 2.23. The zero-order valence-electron chi connectivity index (χ0n) is 11.2. The molecule has 0 aliphatic carbocycles. The molecule has 0 saturated carbocycles. The zero-order chi connectivity index (χ0) is 12.8. The Morgan fingerprint density at radius 3 is 2.35 bits per heavy atom. The van der Waals surface area contributed by atoms with E-state index in [0.29, 0.717) is 17.4 Å². The molecule has 96 valence electrons. The molecule has 1 aromatic rings. The summed E-state index contributed by atoms with van der Waals surface area (Å²) in [4.78, 5) is 0. The third kappa shape index (κ3) is 4.98. The number of nitrogens with one attached hydrogen (secondary N) is 1. The largest absolute Gasteiger partial charge is 0.397 e. The Balaban J connectivity index is 2.39. The molecular weight excluding hydrogens is 210 g/mol. The number of nitrogens with two attached hydrogens (primary N) is 2. The molecule has 1 unspecified atom stereocenters. The maximum atomic E-state index is 5.77. The van der Waals surface area contributed by atoms with Crippen LogP contribution < -0.4 is 16.8 Å². The molecule has 0 amide bonds. The van der Waals surface area contributed by atoms with Crippen LogP contribution in [0.5, 0.6) is 0 Å². The van der Waals surface area contributed by atoms with Crippen LogP contribution in [0.15, 0.2) is 18.2 Å². The fourth-order valence-electron chi connectivity index (χ4n) is 1.85. The number of rotatable bonds is 6. The van der Waals surface area contributed by atoms with E-state index in [-0.39, 0.29) is 0 Å². The molecule has 0 bridgehead atoms. The molecule has 0 heterocycles. The van der Waals surface area contributed by atoms with Gasteiger partial charge >= 0.3 is 0 Å². The van der Waals surface area contributed by atoms with Crippen molar-refractivity contribution in [2.24, 2.45) is 5.92 Å². The van der Waals surface area contributed by atoms with E-state index in [1.54, 1.807) is 0 Å². The SMILES string of the molecule is CC(C)CCCC(C)Nc1ccc(N)c(N)c1. The summed E-state index contributed by atoms with van der Waals surface area (Å²) in [6, 6.07) is 6.19. The van der Waals surface area contributed by atoms with Crippen molar-refractivity contribution >= 4 is 17.1 Å². The Bertz CT molecular complexity index is 347. The first-order valence-corrected chi connectivity index (χ1v) is 6.40. The van der Waals surface area contributed by atoms with Gasteiger partial charge in [-0.05, 0) is 37.5 Å². The quantitative estimate of drug-likeness (QED) is 0.661. The van der Waals surface area contributed by atoms with Gasteiger partial charge in [-0.3, -0.25) is 0 Å². The molecule has 1 aromatic carbocycles. The van der Waals surface area contributed by atoms with Gasteiger partial charge in [0.2, 0.25) is 0 Å². The lowest BCUT2D eigenvalue weighted by Crippen LogP contribution is -2.15. The molecule has 0 radical (unpaired) electrons. The van der Waals surface area contributed by atoms with Crippen LogP contribution in [0.1, 0.15) is 40.0 Å². The third-order valence-corrected chi connectivity index (χ3v) is 2.92. The maximum Gasteiger partial charge on any atom is 0.0568 e. The minimum absolute atomic E-state index is 0.469. The second kappa shape index (κ2) is 6.38. The van der Waals surface area contributed by atoms with E-state index in [0.717, 1.165) is 11.6 Å². The monoisotopic (exact) mass is 235 g/mol. The third-order valence-electron chi connectivity index (χ3n) is 2.92. The standard InChI is InChI=1S/C14H25N3/c1-10(2)5-4-6-11(3)17-12-7-8-13(15)14(16)9-12/h7-11,17H,4-6,15-16H2,1-3H3. The predicted octanol–water partition coefficient (Wildman–Crippen LogP) is 3.48. The predicted molar refractivity (Wildman–Crippen MR) is 77.0 cm³/mol. The summed E-state index contributed by atoms with van der Waals surface area (Å²) < 4.78 is 0.